The monoisotopic (exact) mass is 354 g/mol. The Hall–Kier alpha value is -3.22. The van der Waals surface area contributed by atoms with Gasteiger partial charge >= 0.3 is 0 Å². The lowest BCUT2D eigenvalue weighted by atomic mass is 10.2. The Bertz CT molecular complexity index is 857. The van der Waals surface area contributed by atoms with E-state index in [4.69, 9.17) is 5.11 Å². The molecule has 3 heterocycles. The number of amides is 1. The SMILES string of the molecule is Cc1ccc(O)cc1.O=C1CCCN1c1n[nH]c(-c2ccncc2)c1F. The van der Waals surface area contributed by atoms with Gasteiger partial charge in [-0.3, -0.25) is 19.8 Å². The van der Waals surface area contributed by atoms with Crippen LogP contribution < -0.4 is 4.90 Å². The van der Waals surface area contributed by atoms with Crippen LogP contribution in [0.5, 0.6) is 5.75 Å². The van der Waals surface area contributed by atoms with Gasteiger partial charge in [0.15, 0.2) is 11.6 Å². The predicted molar refractivity (Wildman–Crippen MR) is 96.2 cm³/mol. The number of benzene rings is 1. The molecule has 2 aromatic heterocycles. The van der Waals surface area contributed by atoms with E-state index in [9.17, 15) is 9.18 Å². The van der Waals surface area contributed by atoms with Crippen molar-refractivity contribution in [1.82, 2.24) is 15.2 Å². The number of carbonyl (C=O) groups excluding carboxylic acids is 1. The molecule has 0 atom stereocenters. The molecule has 1 amide bonds. The first-order chi connectivity index (χ1) is 12.6. The maximum atomic E-state index is 14.2. The highest BCUT2D eigenvalue weighted by atomic mass is 19.1. The fourth-order valence-corrected chi connectivity index (χ4v) is 2.62. The zero-order valence-electron chi connectivity index (χ0n) is 14.3. The third-order valence-corrected chi connectivity index (χ3v) is 4.02. The lowest BCUT2D eigenvalue weighted by Gasteiger charge is -2.11. The number of H-pyrrole nitrogens is 1. The molecule has 3 aromatic rings. The zero-order valence-corrected chi connectivity index (χ0v) is 14.3. The molecule has 0 radical (unpaired) electrons. The number of hydrogen-bond acceptors (Lipinski definition) is 4. The highest BCUT2D eigenvalue weighted by molar-refractivity contribution is 5.95. The summed E-state index contributed by atoms with van der Waals surface area (Å²) in [5.41, 5.74) is 2.11. The second-order valence-corrected chi connectivity index (χ2v) is 5.96. The van der Waals surface area contributed by atoms with Crippen molar-refractivity contribution in [3.05, 3.63) is 60.2 Å². The van der Waals surface area contributed by atoms with Gasteiger partial charge in [-0.2, -0.15) is 5.10 Å². The number of nitrogens with one attached hydrogen (secondary N) is 1. The molecule has 7 heteroatoms. The number of aryl methyl sites for hydroxylation is 1. The predicted octanol–water partition coefficient (Wildman–Crippen LogP) is 3.44. The van der Waals surface area contributed by atoms with Crippen LogP contribution in [-0.4, -0.2) is 32.7 Å². The molecule has 1 saturated heterocycles. The van der Waals surface area contributed by atoms with Gasteiger partial charge in [-0.1, -0.05) is 17.7 Å². The van der Waals surface area contributed by atoms with E-state index < -0.39 is 5.82 Å². The van der Waals surface area contributed by atoms with Crippen LogP contribution in [0.4, 0.5) is 10.2 Å². The van der Waals surface area contributed by atoms with E-state index >= 15 is 0 Å². The number of aromatic nitrogens is 3. The fraction of sp³-hybridized carbons (Fsp3) is 0.211. The summed E-state index contributed by atoms with van der Waals surface area (Å²) in [4.78, 5) is 16.8. The van der Waals surface area contributed by atoms with Gasteiger partial charge in [0.1, 0.15) is 11.4 Å². The van der Waals surface area contributed by atoms with Gasteiger partial charge in [-0.15, -0.1) is 0 Å². The topological polar surface area (TPSA) is 82.1 Å². The summed E-state index contributed by atoms with van der Waals surface area (Å²) < 4.78 is 14.2. The standard InChI is InChI=1S/C12H11FN4O.C7H8O/c13-10-11(8-3-5-14-6-4-8)15-16-12(10)17-7-1-2-9(17)18;1-6-2-4-7(8)5-3-6/h3-6H,1-2,7H2,(H,15,16);2-5,8H,1H3. The van der Waals surface area contributed by atoms with Crippen molar-refractivity contribution in [2.24, 2.45) is 0 Å². The molecule has 0 bridgehead atoms. The Kier molecular flexibility index (Phi) is 5.26. The average Bonchev–Trinajstić information content (AvgIpc) is 3.24. The summed E-state index contributed by atoms with van der Waals surface area (Å²) in [7, 11) is 0. The minimum atomic E-state index is -0.489. The molecule has 2 N–H and O–H groups in total. The molecule has 0 unspecified atom stereocenters. The molecule has 26 heavy (non-hydrogen) atoms. The maximum Gasteiger partial charge on any atom is 0.228 e. The first-order valence-corrected chi connectivity index (χ1v) is 8.26. The van der Waals surface area contributed by atoms with Crippen molar-refractivity contribution < 1.29 is 14.3 Å². The van der Waals surface area contributed by atoms with Crippen LogP contribution in [-0.2, 0) is 4.79 Å². The van der Waals surface area contributed by atoms with E-state index in [0.717, 1.165) is 6.42 Å². The second-order valence-electron chi connectivity index (χ2n) is 5.96. The molecular formula is C19H19FN4O2. The lowest BCUT2D eigenvalue weighted by Crippen LogP contribution is -2.24. The summed E-state index contributed by atoms with van der Waals surface area (Å²) in [6, 6.07) is 10.5. The van der Waals surface area contributed by atoms with Crippen LogP contribution in [0.1, 0.15) is 18.4 Å². The Balaban J connectivity index is 0.000000206. The second kappa shape index (κ2) is 7.77. The number of nitrogens with zero attached hydrogens (tertiary/aromatic N) is 3. The minimum absolute atomic E-state index is 0.0818. The number of phenols is 1. The first kappa shape index (κ1) is 17.6. The molecule has 4 rings (SSSR count). The molecule has 6 nitrogen and oxygen atoms in total. The molecule has 1 aromatic carbocycles. The van der Waals surface area contributed by atoms with Crippen molar-refractivity contribution in [1.29, 1.82) is 0 Å². The van der Waals surface area contributed by atoms with Gasteiger partial charge in [0.2, 0.25) is 5.91 Å². The van der Waals surface area contributed by atoms with Crippen LogP contribution >= 0.6 is 0 Å². The molecule has 1 aliphatic heterocycles. The molecule has 0 aliphatic carbocycles. The van der Waals surface area contributed by atoms with E-state index in [-0.39, 0.29) is 17.4 Å². The van der Waals surface area contributed by atoms with Crippen LogP contribution in [0.15, 0.2) is 48.8 Å². The minimum Gasteiger partial charge on any atom is -0.508 e. The van der Waals surface area contributed by atoms with E-state index in [2.05, 4.69) is 15.2 Å². The van der Waals surface area contributed by atoms with Crippen LogP contribution in [0.2, 0.25) is 0 Å². The molecule has 134 valence electrons. The summed E-state index contributed by atoms with van der Waals surface area (Å²) in [5, 5.41) is 15.3. The van der Waals surface area contributed by atoms with Crippen molar-refractivity contribution in [3.63, 3.8) is 0 Å². The average molecular weight is 354 g/mol. The van der Waals surface area contributed by atoms with Crippen molar-refractivity contribution >= 4 is 11.7 Å². The van der Waals surface area contributed by atoms with E-state index in [1.54, 1.807) is 36.7 Å². The number of phenolic OH excluding ortho intramolecular Hbond substituents is 1. The van der Waals surface area contributed by atoms with E-state index in [1.165, 1.54) is 10.5 Å². The molecule has 0 spiro atoms. The number of hydrogen-bond donors (Lipinski definition) is 2. The fourth-order valence-electron chi connectivity index (χ4n) is 2.62. The van der Waals surface area contributed by atoms with Gasteiger partial charge in [-0.25, -0.2) is 4.39 Å². The number of carbonyl (C=O) groups is 1. The largest absolute Gasteiger partial charge is 0.508 e. The van der Waals surface area contributed by atoms with Gasteiger partial charge in [-0.05, 0) is 37.6 Å². The van der Waals surface area contributed by atoms with Gasteiger partial charge in [0, 0.05) is 30.9 Å². The summed E-state index contributed by atoms with van der Waals surface area (Å²) in [5.74, 6) is -0.155. The third-order valence-electron chi connectivity index (χ3n) is 4.02. The number of aromatic hydroxyl groups is 1. The van der Waals surface area contributed by atoms with Crippen molar-refractivity contribution in [2.75, 3.05) is 11.4 Å². The molecule has 1 aliphatic rings. The van der Waals surface area contributed by atoms with Gasteiger partial charge < -0.3 is 5.11 Å². The summed E-state index contributed by atoms with van der Waals surface area (Å²) in [6.45, 7) is 2.51. The smallest absolute Gasteiger partial charge is 0.228 e. The van der Waals surface area contributed by atoms with E-state index in [0.29, 0.717) is 24.3 Å². The Morgan fingerprint density at radius 3 is 2.42 bits per heavy atom. The molecule has 1 fully saturated rings. The number of rotatable bonds is 2. The van der Waals surface area contributed by atoms with Crippen LogP contribution in [0.3, 0.4) is 0 Å². The Morgan fingerprint density at radius 2 is 1.85 bits per heavy atom. The number of anilines is 1. The third kappa shape index (κ3) is 3.88. The molecular weight excluding hydrogens is 335 g/mol. The van der Waals surface area contributed by atoms with Gasteiger partial charge in [0.05, 0.1) is 0 Å². The summed E-state index contributed by atoms with van der Waals surface area (Å²) in [6.07, 6.45) is 4.36. The lowest BCUT2D eigenvalue weighted by molar-refractivity contribution is -0.117. The summed E-state index contributed by atoms with van der Waals surface area (Å²) >= 11 is 0. The highest BCUT2D eigenvalue weighted by Crippen LogP contribution is 2.29. The number of pyridine rings is 1. The van der Waals surface area contributed by atoms with Crippen LogP contribution in [0.25, 0.3) is 11.3 Å². The first-order valence-electron chi connectivity index (χ1n) is 8.26. The maximum absolute atomic E-state index is 14.2. The quantitative estimate of drug-likeness (QED) is 0.739. The highest BCUT2D eigenvalue weighted by Gasteiger charge is 2.28. The van der Waals surface area contributed by atoms with Gasteiger partial charge in [0.25, 0.3) is 0 Å². The van der Waals surface area contributed by atoms with Crippen molar-refractivity contribution in [3.8, 4) is 17.0 Å². The van der Waals surface area contributed by atoms with Crippen molar-refractivity contribution in [2.45, 2.75) is 19.8 Å². The zero-order chi connectivity index (χ0) is 18.5. The Morgan fingerprint density at radius 1 is 1.15 bits per heavy atom. The van der Waals surface area contributed by atoms with Crippen LogP contribution in [0, 0.1) is 12.7 Å². The number of aromatic amines is 1. The Labute approximate surface area is 150 Å². The molecule has 0 saturated carbocycles. The van der Waals surface area contributed by atoms with E-state index in [1.807, 2.05) is 19.1 Å². The normalized spacial score (nSPS) is 13.5. The number of halogens is 1.